The maximum atomic E-state index is 12.6. The van der Waals surface area contributed by atoms with Crippen molar-refractivity contribution in [3.05, 3.63) is 29.8 Å². The molecule has 150 valence electrons. The number of hydrogen-bond acceptors (Lipinski definition) is 5. The molecule has 0 bridgehead atoms. The van der Waals surface area contributed by atoms with Crippen LogP contribution in [0.4, 0.5) is 13.2 Å². The van der Waals surface area contributed by atoms with E-state index in [1.165, 1.54) is 0 Å². The van der Waals surface area contributed by atoms with Crippen molar-refractivity contribution >= 4 is 28.3 Å². The monoisotopic (exact) mass is 419 g/mol. The standard InChI is InChI=1S/C14H20F3N3O4S.ClH/c1-24-8-7-18-5-6-19-13(21)10-20-25(22,23)12-4-2-3-11(9-12)14(15,16)17;/h2-4,9,18,20H,5-8,10H2,1H3,(H,19,21);1H. The summed E-state index contributed by atoms with van der Waals surface area (Å²) >= 11 is 0. The van der Waals surface area contributed by atoms with Crippen LogP contribution in [0.3, 0.4) is 0 Å². The van der Waals surface area contributed by atoms with Gasteiger partial charge < -0.3 is 15.4 Å². The Morgan fingerprint density at radius 3 is 2.50 bits per heavy atom. The third kappa shape index (κ3) is 8.81. The number of carbonyl (C=O) groups is 1. The highest BCUT2D eigenvalue weighted by molar-refractivity contribution is 7.89. The Hall–Kier alpha value is -1.40. The smallest absolute Gasteiger partial charge is 0.383 e. The van der Waals surface area contributed by atoms with Crippen LogP contribution in [0.1, 0.15) is 5.56 Å². The minimum Gasteiger partial charge on any atom is -0.383 e. The number of carbonyl (C=O) groups excluding carboxylic acids is 1. The van der Waals surface area contributed by atoms with Gasteiger partial charge in [0.25, 0.3) is 0 Å². The van der Waals surface area contributed by atoms with Gasteiger partial charge in [-0.25, -0.2) is 13.1 Å². The van der Waals surface area contributed by atoms with E-state index >= 15 is 0 Å². The first kappa shape index (κ1) is 24.6. The lowest BCUT2D eigenvalue weighted by Gasteiger charge is -2.11. The average molecular weight is 420 g/mol. The molecule has 0 saturated carbocycles. The van der Waals surface area contributed by atoms with Crippen molar-refractivity contribution in [2.75, 3.05) is 39.9 Å². The van der Waals surface area contributed by atoms with Crippen molar-refractivity contribution < 1.29 is 31.1 Å². The van der Waals surface area contributed by atoms with Gasteiger partial charge in [-0.1, -0.05) is 6.07 Å². The summed E-state index contributed by atoms with van der Waals surface area (Å²) in [5.74, 6) is -0.593. The van der Waals surface area contributed by atoms with E-state index in [9.17, 15) is 26.4 Å². The first-order valence-electron chi connectivity index (χ1n) is 7.30. The second-order valence-electron chi connectivity index (χ2n) is 4.94. The van der Waals surface area contributed by atoms with E-state index in [1.54, 1.807) is 7.11 Å². The van der Waals surface area contributed by atoms with E-state index in [-0.39, 0.29) is 19.0 Å². The molecule has 1 amide bonds. The summed E-state index contributed by atoms with van der Waals surface area (Å²) in [6.45, 7) is 1.29. The second-order valence-corrected chi connectivity index (χ2v) is 6.71. The molecule has 0 saturated heterocycles. The van der Waals surface area contributed by atoms with E-state index in [2.05, 4.69) is 10.6 Å². The molecule has 0 radical (unpaired) electrons. The third-order valence-corrected chi connectivity index (χ3v) is 4.40. The summed E-state index contributed by atoms with van der Waals surface area (Å²) in [4.78, 5) is 11.0. The normalized spacial score (nSPS) is 11.7. The Morgan fingerprint density at radius 1 is 1.19 bits per heavy atom. The highest BCUT2D eigenvalue weighted by Gasteiger charge is 2.31. The van der Waals surface area contributed by atoms with Crippen LogP contribution in [0.2, 0.25) is 0 Å². The zero-order valence-corrected chi connectivity index (χ0v) is 15.6. The number of amides is 1. The topological polar surface area (TPSA) is 96.5 Å². The molecule has 0 aromatic heterocycles. The van der Waals surface area contributed by atoms with Gasteiger partial charge in [0.05, 0.1) is 23.6 Å². The summed E-state index contributed by atoms with van der Waals surface area (Å²) in [5, 5.41) is 5.45. The minimum atomic E-state index is -4.65. The third-order valence-electron chi connectivity index (χ3n) is 3.00. The van der Waals surface area contributed by atoms with Gasteiger partial charge in [-0.3, -0.25) is 4.79 Å². The average Bonchev–Trinajstić information content (AvgIpc) is 2.55. The fourth-order valence-corrected chi connectivity index (χ4v) is 2.76. The number of sulfonamides is 1. The second kappa shape index (κ2) is 11.3. The highest BCUT2D eigenvalue weighted by atomic mass is 35.5. The molecule has 0 spiro atoms. The quantitative estimate of drug-likeness (QED) is 0.486. The molecule has 0 unspecified atom stereocenters. The molecule has 7 nitrogen and oxygen atoms in total. The number of hydrogen-bond donors (Lipinski definition) is 3. The zero-order chi connectivity index (χ0) is 18.9. The van der Waals surface area contributed by atoms with E-state index in [4.69, 9.17) is 4.74 Å². The van der Waals surface area contributed by atoms with Crippen molar-refractivity contribution in [2.45, 2.75) is 11.1 Å². The van der Waals surface area contributed by atoms with Crippen molar-refractivity contribution in [1.29, 1.82) is 0 Å². The number of rotatable bonds is 10. The van der Waals surface area contributed by atoms with Gasteiger partial charge >= 0.3 is 6.18 Å². The number of alkyl halides is 3. The van der Waals surface area contributed by atoms with Gasteiger partial charge in [0.15, 0.2) is 0 Å². The molecular weight excluding hydrogens is 399 g/mol. The maximum Gasteiger partial charge on any atom is 0.416 e. The lowest BCUT2D eigenvalue weighted by Crippen LogP contribution is -2.39. The molecule has 0 heterocycles. The number of benzene rings is 1. The molecule has 1 aromatic carbocycles. The summed E-state index contributed by atoms with van der Waals surface area (Å²) in [7, 11) is -2.67. The van der Waals surface area contributed by atoms with Gasteiger partial charge in [-0.15, -0.1) is 12.4 Å². The molecule has 12 heteroatoms. The Bertz CT molecular complexity index is 672. The number of halogens is 4. The van der Waals surface area contributed by atoms with Crippen LogP contribution < -0.4 is 15.4 Å². The lowest BCUT2D eigenvalue weighted by atomic mass is 10.2. The zero-order valence-electron chi connectivity index (χ0n) is 13.9. The SMILES string of the molecule is COCCNCCNC(=O)CNS(=O)(=O)c1cccc(C(F)(F)F)c1.Cl. The van der Waals surface area contributed by atoms with Crippen molar-refractivity contribution in [3.8, 4) is 0 Å². The summed E-state index contributed by atoms with van der Waals surface area (Å²) in [5.41, 5.74) is -1.08. The Morgan fingerprint density at radius 2 is 1.88 bits per heavy atom. The van der Waals surface area contributed by atoms with Crippen molar-refractivity contribution in [3.63, 3.8) is 0 Å². The summed E-state index contributed by atoms with van der Waals surface area (Å²) < 4.78 is 68.6. The van der Waals surface area contributed by atoms with Gasteiger partial charge in [0.1, 0.15) is 0 Å². The van der Waals surface area contributed by atoms with E-state index in [1.807, 2.05) is 4.72 Å². The molecule has 1 aromatic rings. The van der Waals surface area contributed by atoms with Crippen LogP contribution in [0.15, 0.2) is 29.2 Å². The van der Waals surface area contributed by atoms with Crippen LogP contribution in [-0.2, 0) is 25.7 Å². The largest absolute Gasteiger partial charge is 0.416 e. The van der Waals surface area contributed by atoms with Crippen LogP contribution >= 0.6 is 12.4 Å². The number of methoxy groups -OCH3 is 1. The van der Waals surface area contributed by atoms with Gasteiger partial charge in [-0.05, 0) is 18.2 Å². The molecule has 0 aliphatic rings. The van der Waals surface area contributed by atoms with E-state index in [0.717, 1.165) is 18.2 Å². The summed E-state index contributed by atoms with van der Waals surface area (Å²) in [6, 6.07) is 3.29. The van der Waals surface area contributed by atoms with Crippen LogP contribution in [0.5, 0.6) is 0 Å². The van der Waals surface area contributed by atoms with Gasteiger partial charge in [-0.2, -0.15) is 13.2 Å². The highest BCUT2D eigenvalue weighted by Crippen LogP contribution is 2.30. The molecule has 0 aliphatic carbocycles. The summed E-state index contributed by atoms with van der Waals surface area (Å²) in [6.07, 6.45) is -4.65. The van der Waals surface area contributed by atoms with E-state index in [0.29, 0.717) is 25.8 Å². The maximum absolute atomic E-state index is 12.6. The Kier molecular flexibility index (Phi) is 10.7. The fourth-order valence-electron chi connectivity index (χ4n) is 1.74. The first-order chi connectivity index (χ1) is 11.7. The van der Waals surface area contributed by atoms with Crippen molar-refractivity contribution in [1.82, 2.24) is 15.4 Å². The van der Waals surface area contributed by atoms with E-state index < -0.39 is 39.1 Å². The Balaban J connectivity index is 0.00000625. The fraction of sp³-hybridized carbons (Fsp3) is 0.500. The molecule has 3 N–H and O–H groups in total. The first-order valence-corrected chi connectivity index (χ1v) is 8.78. The lowest BCUT2D eigenvalue weighted by molar-refractivity contribution is -0.137. The Labute approximate surface area is 156 Å². The molecule has 1 rings (SSSR count). The van der Waals surface area contributed by atoms with Gasteiger partial charge in [0.2, 0.25) is 15.9 Å². The van der Waals surface area contributed by atoms with Crippen LogP contribution in [0.25, 0.3) is 0 Å². The predicted molar refractivity (Wildman–Crippen MR) is 91.6 cm³/mol. The molecule has 0 atom stereocenters. The molecule has 26 heavy (non-hydrogen) atoms. The number of ether oxygens (including phenoxy) is 1. The molecular formula is C14H21ClF3N3O4S. The minimum absolute atomic E-state index is 0. The molecule has 0 fully saturated rings. The number of nitrogens with one attached hydrogen (secondary N) is 3. The predicted octanol–water partition coefficient (Wildman–Crippen LogP) is 0.758. The van der Waals surface area contributed by atoms with Crippen LogP contribution in [-0.4, -0.2) is 54.2 Å². The van der Waals surface area contributed by atoms with Crippen LogP contribution in [0, 0.1) is 0 Å². The van der Waals surface area contributed by atoms with Gasteiger partial charge in [0, 0.05) is 26.7 Å². The van der Waals surface area contributed by atoms with Crippen molar-refractivity contribution in [2.24, 2.45) is 0 Å². The molecule has 0 aliphatic heterocycles.